The minimum absolute atomic E-state index is 0.108. The lowest BCUT2D eigenvalue weighted by atomic mass is 10.0. The van der Waals surface area contributed by atoms with Crippen LogP contribution < -0.4 is 0 Å². The highest BCUT2D eigenvalue weighted by molar-refractivity contribution is 7.99. The van der Waals surface area contributed by atoms with Crippen molar-refractivity contribution in [3.8, 4) is 0 Å². The Kier molecular flexibility index (Phi) is 25.6. The van der Waals surface area contributed by atoms with E-state index < -0.39 is 7.82 Å². The number of phosphoric acid groups is 1. The fourth-order valence-electron chi connectivity index (χ4n) is 3.25. The van der Waals surface area contributed by atoms with Crippen molar-refractivity contribution in [2.45, 2.75) is 103 Å². The highest BCUT2D eigenvalue weighted by atomic mass is 32.2. The molecule has 1 atom stereocenters. The molecule has 0 spiro atoms. The third-order valence-electron chi connectivity index (χ3n) is 5.22. The summed E-state index contributed by atoms with van der Waals surface area (Å²) in [6.07, 6.45) is 20.0. The second kappa shape index (κ2) is 24.0. The summed E-state index contributed by atoms with van der Waals surface area (Å²) in [6, 6.07) is 0. The van der Waals surface area contributed by atoms with Gasteiger partial charge in [-0.1, -0.05) is 90.4 Å². The number of nitrogens with zero attached hydrogens (tertiary/aromatic N) is 1. The van der Waals surface area contributed by atoms with Gasteiger partial charge in [-0.15, -0.1) is 0 Å². The number of hydrogen-bond acceptors (Lipinski definition) is 4. The lowest BCUT2D eigenvalue weighted by Crippen LogP contribution is -2.26. The predicted molar refractivity (Wildman–Crippen MR) is 136 cm³/mol. The van der Waals surface area contributed by atoms with Gasteiger partial charge in [0.1, 0.15) is 0 Å². The van der Waals surface area contributed by atoms with E-state index in [1.807, 2.05) is 11.8 Å². The maximum Gasteiger partial charge on any atom is 0.466 e. The molecule has 4 N–H and O–H groups in total. The number of aliphatic hydroxyl groups excluding tert-OH is 1. The summed E-state index contributed by atoms with van der Waals surface area (Å²) in [5.41, 5.74) is 0. The van der Waals surface area contributed by atoms with Crippen molar-refractivity contribution in [1.29, 1.82) is 0 Å². The molecule has 7 nitrogen and oxygen atoms in total. The zero-order chi connectivity index (χ0) is 24.7. The van der Waals surface area contributed by atoms with Crippen LogP contribution in [0.25, 0.3) is 0 Å². The summed E-state index contributed by atoms with van der Waals surface area (Å²) in [5, 5.41) is 9.40. The van der Waals surface area contributed by atoms with Gasteiger partial charge in [-0.2, -0.15) is 11.8 Å². The molecule has 0 fully saturated rings. The summed E-state index contributed by atoms with van der Waals surface area (Å²) < 4.78 is 8.88. The van der Waals surface area contributed by atoms with E-state index in [4.69, 9.17) is 19.2 Å². The van der Waals surface area contributed by atoms with Crippen molar-refractivity contribution in [3.63, 3.8) is 0 Å². The molecule has 0 radical (unpaired) electrons. The SMILES string of the molecule is CCCCCCCCCCCCCCCCSCC(CO)CC(=O)N(C)C.O=P(O)(O)O. The molecule has 0 aliphatic heterocycles. The Labute approximate surface area is 201 Å². The molecule has 0 aromatic rings. The standard InChI is InChI=1S/C23H47NO2S.H3O4P/c1-4-5-6-7-8-9-10-11-12-13-14-15-16-17-18-27-21-22(20-25)19-23(26)24(2)3;1-5(2,3)4/h22,25H,4-21H2,1-3H3;(H3,1,2,3,4). The van der Waals surface area contributed by atoms with E-state index >= 15 is 0 Å². The number of thioether (sulfide) groups is 1. The van der Waals surface area contributed by atoms with Gasteiger partial charge in [-0.3, -0.25) is 4.79 Å². The highest BCUT2D eigenvalue weighted by Crippen LogP contribution is 2.25. The number of carbonyl (C=O) groups excluding carboxylic acids is 1. The molecule has 0 aromatic carbocycles. The molecule has 0 heterocycles. The quantitative estimate of drug-likeness (QED) is 0.132. The van der Waals surface area contributed by atoms with Gasteiger partial charge in [0.2, 0.25) is 5.91 Å². The molecule has 0 aliphatic rings. The summed E-state index contributed by atoms with van der Waals surface area (Å²) in [6.45, 7) is 2.40. The van der Waals surface area contributed by atoms with Crippen LogP contribution in [-0.4, -0.2) is 62.8 Å². The Morgan fingerprint density at radius 1 is 0.812 bits per heavy atom. The van der Waals surface area contributed by atoms with Gasteiger partial charge in [-0.05, 0) is 23.8 Å². The summed E-state index contributed by atoms with van der Waals surface area (Å²) in [7, 11) is -1.09. The van der Waals surface area contributed by atoms with E-state index in [-0.39, 0.29) is 18.4 Å². The van der Waals surface area contributed by atoms with Crippen molar-refractivity contribution >= 4 is 25.5 Å². The number of hydrogen-bond donors (Lipinski definition) is 4. The molecular formula is C23H50NO6PS. The molecule has 194 valence electrons. The fraction of sp³-hybridized carbons (Fsp3) is 0.957. The number of aliphatic hydroxyl groups is 1. The maximum atomic E-state index is 11.7. The molecule has 0 rings (SSSR count). The monoisotopic (exact) mass is 499 g/mol. The van der Waals surface area contributed by atoms with Crippen LogP contribution >= 0.6 is 19.6 Å². The highest BCUT2D eigenvalue weighted by Gasteiger charge is 2.14. The molecule has 0 bridgehead atoms. The second-order valence-electron chi connectivity index (χ2n) is 8.73. The lowest BCUT2D eigenvalue weighted by Gasteiger charge is -2.16. The number of rotatable bonds is 20. The minimum atomic E-state index is -4.64. The Hall–Kier alpha value is -0.110. The van der Waals surface area contributed by atoms with E-state index in [0.29, 0.717) is 6.42 Å². The van der Waals surface area contributed by atoms with E-state index in [1.165, 1.54) is 89.9 Å². The summed E-state index contributed by atoms with van der Waals surface area (Å²) in [5.74, 6) is 2.28. The first-order chi connectivity index (χ1) is 15.1. The van der Waals surface area contributed by atoms with Crippen LogP contribution in [0.2, 0.25) is 0 Å². The Morgan fingerprint density at radius 2 is 1.19 bits per heavy atom. The van der Waals surface area contributed by atoms with E-state index in [2.05, 4.69) is 6.92 Å². The smallest absolute Gasteiger partial charge is 0.396 e. The van der Waals surface area contributed by atoms with Gasteiger partial charge < -0.3 is 24.7 Å². The number of amides is 1. The molecule has 0 aliphatic carbocycles. The van der Waals surface area contributed by atoms with Crippen LogP contribution in [0.3, 0.4) is 0 Å². The summed E-state index contributed by atoms with van der Waals surface area (Å²) in [4.78, 5) is 34.9. The van der Waals surface area contributed by atoms with Gasteiger partial charge in [0.15, 0.2) is 0 Å². The first kappa shape index (κ1) is 34.1. The van der Waals surface area contributed by atoms with E-state index in [0.717, 1.165) is 11.5 Å². The largest absolute Gasteiger partial charge is 0.466 e. The topological polar surface area (TPSA) is 118 Å². The van der Waals surface area contributed by atoms with Crippen molar-refractivity contribution < 1.29 is 29.1 Å². The normalized spacial score (nSPS) is 12.2. The Bertz CT molecular complexity index is 454. The molecule has 1 unspecified atom stereocenters. The number of unbranched alkanes of at least 4 members (excludes halogenated alkanes) is 13. The van der Waals surface area contributed by atoms with Gasteiger partial charge in [0, 0.05) is 27.1 Å². The van der Waals surface area contributed by atoms with Crippen LogP contribution in [0.5, 0.6) is 0 Å². The predicted octanol–water partition coefficient (Wildman–Crippen LogP) is 5.36. The third kappa shape index (κ3) is 32.1. The average Bonchev–Trinajstić information content (AvgIpc) is 2.71. The average molecular weight is 500 g/mol. The van der Waals surface area contributed by atoms with Crippen molar-refractivity contribution in [3.05, 3.63) is 0 Å². The Balaban J connectivity index is 0. The first-order valence-corrected chi connectivity index (χ1v) is 15.0. The molecule has 0 saturated heterocycles. The van der Waals surface area contributed by atoms with Crippen LogP contribution in [0, 0.1) is 5.92 Å². The van der Waals surface area contributed by atoms with Gasteiger partial charge in [-0.25, -0.2) is 4.57 Å². The zero-order valence-electron chi connectivity index (χ0n) is 20.7. The van der Waals surface area contributed by atoms with Crippen LogP contribution in [0.4, 0.5) is 0 Å². The zero-order valence-corrected chi connectivity index (χ0v) is 22.4. The fourth-order valence-corrected chi connectivity index (χ4v) is 4.39. The number of carbonyl (C=O) groups is 1. The summed E-state index contributed by atoms with van der Waals surface area (Å²) >= 11 is 1.89. The van der Waals surface area contributed by atoms with Gasteiger partial charge in [0.25, 0.3) is 0 Å². The van der Waals surface area contributed by atoms with Gasteiger partial charge in [0.05, 0.1) is 0 Å². The molecule has 9 heteroatoms. The molecule has 32 heavy (non-hydrogen) atoms. The third-order valence-corrected chi connectivity index (χ3v) is 6.50. The first-order valence-electron chi connectivity index (χ1n) is 12.3. The molecule has 1 amide bonds. The van der Waals surface area contributed by atoms with Crippen LogP contribution in [0.15, 0.2) is 0 Å². The van der Waals surface area contributed by atoms with Crippen molar-refractivity contribution in [2.24, 2.45) is 5.92 Å². The maximum absolute atomic E-state index is 11.7. The molecule has 0 aromatic heterocycles. The molecule has 0 saturated carbocycles. The van der Waals surface area contributed by atoms with E-state index in [9.17, 15) is 9.90 Å². The van der Waals surface area contributed by atoms with Crippen LogP contribution in [-0.2, 0) is 9.36 Å². The lowest BCUT2D eigenvalue weighted by molar-refractivity contribution is -0.129. The van der Waals surface area contributed by atoms with Crippen LogP contribution in [0.1, 0.15) is 103 Å². The second-order valence-corrected chi connectivity index (χ2v) is 10.9. The minimum Gasteiger partial charge on any atom is -0.396 e. The van der Waals surface area contributed by atoms with Crippen molar-refractivity contribution in [2.75, 3.05) is 32.2 Å². The van der Waals surface area contributed by atoms with Crippen molar-refractivity contribution in [1.82, 2.24) is 4.90 Å². The van der Waals surface area contributed by atoms with E-state index in [1.54, 1.807) is 19.0 Å². The molecular weight excluding hydrogens is 449 g/mol. The van der Waals surface area contributed by atoms with Gasteiger partial charge >= 0.3 is 7.82 Å². The Morgan fingerprint density at radius 3 is 1.53 bits per heavy atom.